The highest BCUT2D eigenvalue weighted by Crippen LogP contribution is 2.32. The molecule has 0 radical (unpaired) electrons. The van der Waals surface area contributed by atoms with Crippen LogP contribution in [0.1, 0.15) is 10.6 Å². The second kappa shape index (κ2) is 5.24. The van der Waals surface area contributed by atoms with Crippen molar-refractivity contribution in [1.82, 2.24) is 4.98 Å². The second-order valence-corrected chi connectivity index (χ2v) is 5.26. The highest BCUT2D eigenvalue weighted by atomic mass is 32.1. The average Bonchev–Trinajstić information content (AvgIpc) is 2.93. The van der Waals surface area contributed by atoms with Gasteiger partial charge in [-0.05, 0) is 17.2 Å². The van der Waals surface area contributed by atoms with Crippen LogP contribution in [0.25, 0.3) is 11.1 Å². The zero-order chi connectivity index (χ0) is 13.1. The summed E-state index contributed by atoms with van der Waals surface area (Å²) in [5, 5.41) is 13.1. The van der Waals surface area contributed by atoms with Crippen LogP contribution in [-0.4, -0.2) is 10.1 Å². The van der Waals surface area contributed by atoms with Crippen molar-refractivity contribution in [3.63, 3.8) is 0 Å². The lowest BCUT2D eigenvalue weighted by Gasteiger charge is -2.10. The average molecular weight is 267 g/mol. The Morgan fingerprint density at radius 3 is 2.42 bits per heavy atom. The van der Waals surface area contributed by atoms with Gasteiger partial charge in [-0.15, -0.1) is 11.3 Å². The Kier molecular flexibility index (Phi) is 3.29. The van der Waals surface area contributed by atoms with Gasteiger partial charge in [-0.2, -0.15) is 0 Å². The van der Waals surface area contributed by atoms with Gasteiger partial charge < -0.3 is 5.11 Å². The molecular weight excluding hydrogens is 254 g/mol. The molecule has 0 spiro atoms. The van der Waals surface area contributed by atoms with E-state index in [0.717, 1.165) is 22.6 Å². The molecule has 0 saturated heterocycles. The fourth-order valence-corrected chi connectivity index (χ4v) is 2.78. The summed E-state index contributed by atoms with van der Waals surface area (Å²) in [6.07, 6.45) is 2.62. The van der Waals surface area contributed by atoms with Crippen LogP contribution in [0.15, 0.2) is 60.1 Å². The number of hydrogen-bond donors (Lipinski definition) is 1. The normalized spacial score (nSPS) is 10.5. The van der Waals surface area contributed by atoms with Crippen molar-refractivity contribution in [2.24, 2.45) is 0 Å². The van der Waals surface area contributed by atoms with Crippen LogP contribution >= 0.6 is 11.3 Å². The van der Waals surface area contributed by atoms with Crippen LogP contribution in [0.2, 0.25) is 0 Å². The van der Waals surface area contributed by atoms with Crippen molar-refractivity contribution in [3.8, 4) is 16.9 Å². The molecule has 2 nitrogen and oxygen atoms in total. The van der Waals surface area contributed by atoms with E-state index in [0.29, 0.717) is 5.75 Å². The molecule has 1 heterocycles. The van der Waals surface area contributed by atoms with E-state index < -0.39 is 0 Å². The SMILES string of the molecule is Oc1ccccc1-c1ccccc1Cc1nccs1. The first-order chi connectivity index (χ1) is 9.34. The Bertz CT molecular complexity index is 677. The molecule has 1 aromatic heterocycles. The molecule has 0 aliphatic carbocycles. The minimum absolute atomic E-state index is 0.314. The molecule has 0 bridgehead atoms. The maximum absolute atomic E-state index is 10.0. The van der Waals surface area contributed by atoms with E-state index in [4.69, 9.17) is 0 Å². The van der Waals surface area contributed by atoms with Crippen molar-refractivity contribution in [3.05, 3.63) is 70.7 Å². The number of nitrogens with zero attached hydrogens (tertiary/aromatic N) is 1. The number of aromatic nitrogens is 1. The minimum atomic E-state index is 0.314. The number of para-hydroxylation sites is 1. The number of benzene rings is 2. The van der Waals surface area contributed by atoms with Gasteiger partial charge in [0, 0.05) is 23.6 Å². The predicted molar refractivity (Wildman–Crippen MR) is 78.5 cm³/mol. The first kappa shape index (κ1) is 11.9. The summed E-state index contributed by atoms with van der Waals surface area (Å²) >= 11 is 1.65. The Morgan fingerprint density at radius 2 is 1.68 bits per heavy atom. The lowest BCUT2D eigenvalue weighted by Crippen LogP contribution is -1.91. The molecule has 0 amide bonds. The fraction of sp³-hybridized carbons (Fsp3) is 0.0625. The predicted octanol–water partition coefficient (Wildman–Crippen LogP) is 4.11. The van der Waals surface area contributed by atoms with E-state index in [9.17, 15) is 5.11 Å². The first-order valence-corrected chi connectivity index (χ1v) is 6.97. The molecule has 0 saturated carbocycles. The van der Waals surface area contributed by atoms with Gasteiger partial charge >= 0.3 is 0 Å². The third kappa shape index (κ3) is 2.51. The summed E-state index contributed by atoms with van der Waals surface area (Å²) in [6, 6.07) is 15.6. The van der Waals surface area contributed by atoms with Crippen LogP contribution in [0.4, 0.5) is 0 Å². The summed E-state index contributed by atoms with van der Waals surface area (Å²) < 4.78 is 0. The van der Waals surface area contributed by atoms with E-state index in [-0.39, 0.29) is 0 Å². The fourth-order valence-electron chi connectivity index (χ4n) is 2.14. The Hall–Kier alpha value is -2.13. The number of aromatic hydroxyl groups is 1. The van der Waals surface area contributed by atoms with Crippen LogP contribution < -0.4 is 0 Å². The highest BCUT2D eigenvalue weighted by molar-refractivity contribution is 7.09. The minimum Gasteiger partial charge on any atom is -0.507 e. The van der Waals surface area contributed by atoms with E-state index in [1.165, 1.54) is 5.56 Å². The monoisotopic (exact) mass is 267 g/mol. The molecule has 2 aromatic carbocycles. The molecule has 3 aromatic rings. The van der Waals surface area contributed by atoms with E-state index in [1.54, 1.807) is 17.4 Å². The molecular formula is C16H13NOS. The molecule has 0 aliphatic rings. The lowest BCUT2D eigenvalue weighted by atomic mass is 9.97. The summed E-state index contributed by atoms with van der Waals surface area (Å²) in [5.41, 5.74) is 3.12. The maximum atomic E-state index is 10.0. The number of hydrogen-bond acceptors (Lipinski definition) is 3. The van der Waals surface area contributed by atoms with Gasteiger partial charge in [0.25, 0.3) is 0 Å². The van der Waals surface area contributed by atoms with Crippen molar-refractivity contribution < 1.29 is 5.11 Å². The standard InChI is InChI=1S/C16H13NOS/c18-15-8-4-3-7-14(15)13-6-2-1-5-12(13)11-16-17-9-10-19-16/h1-10,18H,11H2. The van der Waals surface area contributed by atoms with Crippen molar-refractivity contribution in [2.75, 3.05) is 0 Å². The summed E-state index contributed by atoms with van der Waals surface area (Å²) in [7, 11) is 0. The van der Waals surface area contributed by atoms with Gasteiger partial charge in [0.05, 0.1) is 5.01 Å². The molecule has 3 rings (SSSR count). The first-order valence-electron chi connectivity index (χ1n) is 6.09. The van der Waals surface area contributed by atoms with Gasteiger partial charge in [0.2, 0.25) is 0 Å². The van der Waals surface area contributed by atoms with Gasteiger partial charge in [-0.1, -0.05) is 42.5 Å². The lowest BCUT2D eigenvalue weighted by molar-refractivity contribution is 0.477. The van der Waals surface area contributed by atoms with Gasteiger partial charge in [0.15, 0.2) is 0 Å². The summed E-state index contributed by atoms with van der Waals surface area (Å²) in [4.78, 5) is 4.32. The number of phenolic OH excluding ortho intramolecular Hbond substituents is 1. The Labute approximate surface area is 116 Å². The molecule has 94 valence electrons. The maximum Gasteiger partial charge on any atom is 0.123 e. The van der Waals surface area contributed by atoms with Crippen LogP contribution in [0.3, 0.4) is 0 Å². The van der Waals surface area contributed by atoms with Crippen molar-refractivity contribution in [2.45, 2.75) is 6.42 Å². The van der Waals surface area contributed by atoms with Gasteiger partial charge in [0.1, 0.15) is 5.75 Å². The number of phenols is 1. The topological polar surface area (TPSA) is 33.1 Å². The zero-order valence-corrected chi connectivity index (χ0v) is 11.1. The molecule has 0 unspecified atom stereocenters. The second-order valence-electron chi connectivity index (χ2n) is 4.28. The van der Waals surface area contributed by atoms with Crippen LogP contribution in [-0.2, 0) is 6.42 Å². The smallest absolute Gasteiger partial charge is 0.123 e. The van der Waals surface area contributed by atoms with Gasteiger partial charge in [-0.25, -0.2) is 4.98 Å². The third-order valence-electron chi connectivity index (χ3n) is 3.04. The molecule has 0 fully saturated rings. The number of rotatable bonds is 3. The molecule has 1 N–H and O–H groups in total. The Balaban J connectivity index is 2.05. The zero-order valence-electron chi connectivity index (χ0n) is 10.3. The number of thiazole rings is 1. The van der Waals surface area contributed by atoms with Crippen LogP contribution in [0, 0.1) is 0 Å². The summed E-state index contributed by atoms with van der Waals surface area (Å²) in [5.74, 6) is 0.314. The molecule has 19 heavy (non-hydrogen) atoms. The third-order valence-corrected chi connectivity index (χ3v) is 3.82. The summed E-state index contributed by atoms with van der Waals surface area (Å²) in [6.45, 7) is 0. The van der Waals surface area contributed by atoms with E-state index in [2.05, 4.69) is 11.1 Å². The van der Waals surface area contributed by atoms with E-state index in [1.807, 2.05) is 48.0 Å². The highest BCUT2D eigenvalue weighted by Gasteiger charge is 2.09. The quantitative estimate of drug-likeness (QED) is 0.774. The van der Waals surface area contributed by atoms with Crippen molar-refractivity contribution >= 4 is 11.3 Å². The Morgan fingerprint density at radius 1 is 0.947 bits per heavy atom. The van der Waals surface area contributed by atoms with Gasteiger partial charge in [-0.3, -0.25) is 0 Å². The molecule has 0 atom stereocenters. The van der Waals surface area contributed by atoms with E-state index >= 15 is 0 Å². The van der Waals surface area contributed by atoms with Crippen LogP contribution in [0.5, 0.6) is 5.75 Å². The molecule has 3 heteroatoms. The molecule has 0 aliphatic heterocycles. The van der Waals surface area contributed by atoms with Crippen molar-refractivity contribution in [1.29, 1.82) is 0 Å². The largest absolute Gasteiger partial charge is 0.507 e.